The minimum atomic E-state index is -0.488. The van der Waals surface area contributed by atoms with Gasteiger partial charge < -0.3 is 25.2 Å². The summed E-state index contributed by atoms with van der Waals surface area (Å²) in [6.45, 7) is 4.16. The van der Waals surface area contributed by atoms with Crippen LogP contribution in [0.3, 0.4) is 0 Å². The van der Waals surface area contributed by atoms with Gasteiger partial charge >= 0.3 is 0 Å². The number of carbonyl (C=O) groups excluding carboxylic acids is 2. The molecule has 1 fully saturated rings. The second-order valence-electron chi connectivity index (χ2n) is 10.6. The summed E-state index contributed by atoms with van der Waals surface area (Å²) in [7, 11) is 7.16. The summed E-state index contributed by atoms with van der Waals surface area (Å²) in [6.07, 6.45) is 2.40. The first-order chi connectivity index (χ1) is 17.5. The number of aromatic nitrogens is 4. The third-order valence-electron chi connectivity index (χ3n) is 5.47. The molecule has 2 amide bonds. The fraction of sp³-hybridized carbons (Fsp3) is 0.391. The van der Waals surface area contributed by atoms with Crippen molar-refractivity contribution in [2.24, 2.45) is 11.8 Å². The van der Waals surface area contributed by atoms with Gasteiger partial charge in [0, 0.05) is 18.4 Å². The third kappa shape index (κ3) is 6.69. The quantitative estimate of drug-likeness (QED) is 0.329. The first-order valence-corrected chi connectivity index (χ1v) is 12.3. The lowest BCUT2D eigenvalue weighted by atomic mass is 9.49. The van der Waals surface area contributed by atoms with Gasteiger partial charge in [0.05, 0.1) is 24.0 Å². The summed E-state index contributed by atoms with van der Waals surface area (Å²) in [4.78, 5) is 29.9. The number of anilines is 3. The number of nitrogens with zero attached hydrogens (tertiary/aromatic N) is 4. The zero-order chi connectivity index (χ0) is 26.7. The predicted octanol–water partition coefficient (Wildman–Crippen LogP) is 0.0662. The van der Waals surface area contributed by atoms with Crippen LogP contribution in [-0.2, 0) is 11.2 Å². The molecule has 3 N–H and O–H groups in total. The van der Waals surface area contributed by atoms with Crippen molar-refractivity contribution in [2.45, 2.75) is 38.3 Å². The summed E-state index contributed by atoms with van der Waals surface area (Å²) in [5, 5.41) is 20.7. The molecule has 190 valence electrons. The second-order valence-corrected chi connectivity index (χ2v) is 10.6. The minimum Gasteiger partial charge on any atom is -0.494 e. The first-order valence-electron chi connectivity index (χ1n) is 12.3. The highest BCUT2D eigenvalue weighted by Gasteiger charge is 2.30. The molecular weight excluding hydrogens is 471 g/mol. The van der Waals surface area contributed by atoms with E-state index in [1.54, 1.807) is 12.1 Å². The number of ether oxygens (including phenoxy) is 1. The highest BCUT2D eigenvalue weighted by molar-refractivity contribution is 6.60. The number of benzene rings is 1. The molecule has 1 aromatic carbocycles. The topological polar surface area (TPSA) is 144 Å². The Hall–Kier alpha value is -3.83. The van der Waals surface area contributed by atoms with Crippen molar-refractivity contribution in [3.63, 3.8) is 0 Å². The number of hydrogen-bond acceptors (Lipinski definition) is 9. The molecular formula is C23H30B3N7O4. The number of para-hydroxylation sites is 1. The van der Waals surface area contributed by atoms with E-state index in [-0.39, 0.29) is 23.3 Å². The molecule has 1 aliphatic rings. The van der Waals surface area contributed by atoms with Gasteiger partial charge in [0.2, 0.25) is 5.91 Å². The first kappa shape index (κ1) is 26.2. The van der Waals surface area contributed by atoms with Gasteiger partial charge in [0.1, 0.15) is 23.5 Å². The highest BCUT2D eigenvalue weighted by Crippen LogP contribution is 2.38. The fourth-order valence-corrected chi connectivity index (χ4v) is 3.67. The fourth-order valence-electron chi connectivity index (χ4n) is 3.67. The Labute approximate surface area is 218 Å². The third-order valence-corrected chi connectivity index (χ3v) is 5.47. The van der Waals surface area contributed by atoms with E-state index in [4.69, 9.17) is 9.26 Å². The zero-order valence-corrected chi connectivity index (χ0v) is 22.0. The molecule has 2 aromatic heterocycles. The smallest absolute Gasteiger partial charge is 0.272 e. The van der Waals surface area contributed by atoms with Crippen LogP contribution in [0.25, 0.3) is 11.5 Å². The summed E-state index contributed by atoms with van der Waals surface area (Å²) in [6, 6.07) is 7.01. The van der Waals surface area contributed by atoms with Crippen molar-refractivity contribution in [2.75, 3.05) is 17.7 Å². The van der Waals surface area contributed by atoms with Crippen LogP contribution in [0.4, 0.5) is 17.2 Å². The molecule has 0 saturated heterocycles. The molecule has 11 nitrogen and oxygen atoms in total. The van der Waals surface area contributed by atoms with Gasteiger partial charge in [-0.25, -0.2) is 0 Å². The van der Waals surface area contributed by atoms with E-state index < -0.39 is 11.1 Å². The standard InChI is InChI=1S/C23H30B3N7O4/c1-11(2)9-17-29-22(37-33-17)13-5-4-6-14(19(13)36-3)27-15-10-16(28-20(34)12-7-8-12)31-32-18(15)21(35)30-23(24,25)26/h4-6,10-12H,7-9,24-26H2,1-3H3,(H,30,35)(H2,27,28,31,34). The molecule has 4 rings (SSSR count). The molecule has 0 radical (unpaired) electrons. The van der Waals surface area contributed by atoms with E-state index >= 15 is 0 Å². The molecule has 14 heteroatoms. The van der Waals surface area contributed by atoms with E-state index in [1.165, 1.54) is 7.11 Å². The second kappa shape index (κ2) is 10.7. The van der Waals surface area contributed by atoms with E-state index in [0.29, 0.717) is 46.7 Å². The van der Waals surface area contributed by atoms with E-state index in [0.717, 1.165) is 12.8 Å². The molecule has 37 heavy (non-hydrogen) atoms. The van der Waals surface area contributed by atoms with Crippen molar-refractivity contribution >= 4 is 52.5 Å². The Morgan fingerprint density at radius 1 is 1.19 bits per heavy atom. The van der Waals surface area contributed by atoms with Crippen LogP contribution in [0.1, 0.15) is 43.0 Å². The van der Waals surface area contributed by atoms with Crippen molar-refractivity contribution in [3.05, 3.63) is 35.8 Å². The lowest BCUT2D eigenvalue weighted by Crippen LogP contribution is -2.50. The number of carbonyl (C=O) groups is 2. The Bertz CT molecular complexity index is 1310. The van der Waals surface area contributed by atoms with Crippen LogP contribution in [0, 0.1) is 11.8 Å². The Kier molecular flexibility index (Phi) is 7.56. The summed E-state index contributed by atoms with van der Waals surface area (Å²) < 4.78 is 11.2. The van der Waals surface area contributed by atoms with E-state index in [9.17, 15) is 9.59 Å². The van der Waals surface area contributed by atoms with Gasteiger partial charge in [-0.3, -0.25) is 9.59 Å². The lowest BCUT2D eigenvalue weighted by molar-refractivity contribution is -0.117. The molecule has 3 aromatic rings. The lowest BCUT2D eigenvalue weighted by Gasteiger charge is -2.21. The van der Waals surface area contributed by atoms with Crippen LogP contribution in [0.15, 0.2) is 28.8 Å². The van der Waals surface area contributed by atoms with Crippen molar-refractivity contribution in [1.82, 2.24) is 25.7 Å². The van der Waals surface area contributed by atoms with Crippen molar-refractivity contribution in [3.8, 4) is 17.2 Å². The highest BCUT2D eigenvalue weighted by atomic mass is 16.5. The van der Waals surface area contributed by atoms with Crippen LogP contribution in [0.5, 0.6) is 5.75 Å². The summed E-state index contributed by atoms with van der Waals surface area (Å²) in [5.41, 5.74) is 1.56. The maximum absolute atomic E-state index is 13.1. The molecule has 0 aliphatic heterocycles. The van der Waals surface area contributed by atoms with Crippen LogP contribution in [0.2, 0.25) is 0 Å². The van der Waals surface area contributed by atoms with Gasteiger partial charge in [0.15, 0.2) is 23.1 Å². The van der Waals surface area contributed by atoms with Gasteiger partial charge in [0.25, 0.3) is 11.8 Å². The normalized spacial score (nSPS) is 13.3. The zero-order valence-electron chi connectivity index (χ0n) is 22.0. The number of rotatable bonds is 10. The largest absolute Gasteiger partial charge is 0.494 e. The molecule has 1 aliphatic carbocycles. The van der Waals surface area contributed by atoms with E-state index in [2.05, 4.69) is 50.1 Å². The van der Waals surface area contributed by atoms with Crippen molar-refractivity contribution in [1.29, 1.82) is 0 Å². The molecule has 2 heterocycles. The maximum atomic E-state index is 13.1. The SMILES string of the molecule is BC(B)(B)NC(=O)c1nnc(NC(=O)C2CC2)cc1Nc1cccc(-c2nc(CC(C)C)no2)c1OC. The average molecular weight is 501 g/mol. The average Bonchev–Trinajstić information content (AvgIpc) is 3.57. The monoisotopic (exact) mass is 501 g/mol. The Morgan fingerprint density at radius 3 is 2.59 bits per heavy atom. The molecule has 0 atom stereocenters. The van der Waals surface area contributed by atoms with Crippen LogP contribution < -0.4 is 20.7 Å². The van der Waals surface area contributed by atoms with Gasteiger partial charge in [-0.15, -0.1) is 10.2 Å². The van der Waals surface area contributed by atoms with Crippen molar-refractivity contribution < 1.29 is 18.8 Å². The van der Waals surface area contributed by atoms with Crippen LogP contribution >= 0.6 is 0 Å². The van der Waals surface area contributed by atoms with Crippen LogP contribution in [-0.4, -0.2) is 68.0 Å². The molecule has 0 spiro atoms. The number of amides is 2. The number of hydrogen-bond donors (Lipinski definition) is 3. The molecule has 0 unspecified atom stereocenters. The summed E-state index contributed by atoms with van der Waals surface area (Å²) >= 11 is 0. The molecule has 0 bridgehead atoms. The van der Waals surface area contributed by atoms with Gasteiger partial charge in [-0.05, 0) is 36.1 Å². The van der Waals surface area contributed by atoms with Gasteiger partial charge in [-0.2, -0.15) is 4.98 Å². The summed E-state index contributed by atoms with van der Waals surface area (Å²) in [5.74, 6) is 1.49. The molecule has 1 saturated carbocycles. The number of nitrogens with one attached hydrogen (secondary N) is 3. The van der Waals surface area contributed by atoms with E-state index in [1.807, 2.05) is 35.7 Å². The Balaban J connectivity index is 1.70. The maximum Gasteiger partial charge on any atom is 0.272 e. The van der Waals surface area contributed by atoms with Gasteiger partial charge in [-0.1, -0.05) is 25.1 Å². The predicted molar refractivity (Wildman–Crippen MR) is 147 cm³/mol. The minimum absolute atomic E-state index is 0.00570. The number of methoxy groups -OCH3 is 1. The Morgan fingerprint density at radius 2 is 1.95 bits per heavy atom.